The highest BCUT2D eigenvalue weighted by Gasteiger charge is 2.32. The predicted molar refractivity (Wildman–Crippen MR) is 97.8 cm³/mol. The minimum Gasteiger partial charge on any atom is -0.481 e. The van der Waals surface area contributed by atoms with Crippen molar-refractivity contribution in [3.63, 3.8) is 0 Å². The third kappa shape index (κ3) is 9.29. The normalized spacial score (nSPS) is 14.7. The third-order valence-corrected chi connectivity index (χ3v) is 3.84. The lowest BCUT2D eigenvalue weighted by molar-refractivity contribution is -0.147. The summed E-state index contributed by atoms with van der Waals surface area (Å²) in [5.74, 6) is -8.14. The summed E-state index contributed by atoms with van der Waals surface area (Å²) in [5, 5.41) is 41.8. The van der Waals surface area contributed by atoms with Crippen LogP contribution in [0.4, 0.5) is 0 Å². The molecule has 14 nitrogen and oxygen atoms in total. The van der Waals surface area contributed by atoms with Crippen LogP contribution >= 0.6 is 0 Å². The van der Waals surface area contributed by atoms with Gasteiger partial charge in [-0.25, -0.2) is 4.79 Å². The summed E-state index contributed by atoms with van der Waals surface area (Å²) in [6, 6.07) is -6.26. The second-order valence-electron chi connectivity index (χ2n) is 6.67. The van der Waals surface area contributed by atoms with Crippen molar-refractivity contribution in [3.05, 3.63) is 0 Å². The molecule has 0 heterocycles. The van der Waals surface area contributed by atoms with Gasteiger partial charge in [0.1, 0.15) is 18.1 Å². The molecule has 14 heteroatoms. The molecule has 0 saturated carbocycles. The molecule has 0 fully saturated rings. The number of aliphatic hydroxyl groups is 1. The summed E-state index contributed by atoms with van der Waals surface area (Å²) < 4.78 is 0. The Balaban J connectivity index is 5.29. The zero-order chi connectivity index (χ0) is 23.6. The van der Waals surface area contributed by atoms with Crippen molar-refractivity contribution in [2.75, 3.05) is 6.61 Å². The van der Waals surface area contributed by atoms with Gasteiger partial charge in [-0.3, -0.25) is 24.0 Å². The maximum atomic E-state index is 12.3. The van der Waals surface area contributed by atoms with Crippen LogP contribution in [0.15, 0.2) is 0 Å². The van der Waals surface area contributed by atoms with E-state index in [0.29, 0.717) is 0 Å². The summed E-state index contributed by atoms with van der Waals surface area (Å²) in [6.45, 7) is 2.23. The SMILES string of the molecule is CC(C)C(N)C(=O)NC(CC(=O)O)C(=O)NC(CO)C(=O)NC(CC(=O)O)C(=O)O. The van der Waals surface area contributed by atoms with E-state index in [1.54, 1.807) is 13.8 Å². The highest BCUT2D eigenvalue weighted by Crippen LogP contribution is 2.02. The summed E-state index contributed by atoms with van der Waals surface area (Å²) in [6.07, 6.45) is -1.82. The monoisotopic (exact) mass is 434 g/mol. The third-order valence-electron chi connectivity index (χ3n) is 3.84. The van der Waals surface area contributed by atoms with Crippen LogP contribution in [-0.4, -0.2) is 86.8 Å². The number of hydrogen-bond acceptors (Lipinski definition) is 8. The molecular weight excluding hydrogens is 408 g/mol. The van der Waals surface area contributed by atoms with Crippen LogP contribution < -0.4 is 21.7 Å². The molecule has 4 atom stereocenters. The molecule has 3 amide bonds. The zero-order valence-corrected chi connectivity index (χ0v) is 16.3. The van der Waals surface area contributed by atoms with Crippen molar-refractivity contribution in [2.24, 2.45) is 11.7 Å². The molecule has 4 unspecified atom stereocenters. The fourth-order valence-electron chi connectivity index (χ4n) is 2.07. The van der Waals surface area contributed by atoms with Crippen LogP contribution in [0.2, 0.25) is 0 Å². The first-order chi connectivity index (χ1) is 13.8. The molecule has 30 heavy (non-hydrogen) atoms. The van der Waals surface area contributed by atoms with Crippen LogP contribution in [-0.2, 0) is 28.8 Å². The minimum atomic E-state index is -1.83. The van der Waals surface area contributed by atoms with Crippen molar-refractivity contribution in [1.82, 2.24) is 16.0 Å². The second-order valence-corrected chi connectivity index (χ2v) is 6.67. The molecule has 0 rings (SSSR count). The summed E-state index contributed by atoms with van der Waals surface area (Å²) >= 11 is 0. The van der Waals surface area contributed by atoms with Crippen molar-refractivity contribution in [2.45, 2.75) is 50.9 Å². The van der Waals surface area contributed by atoms with Gasteiger partial charge in [0.05, 0.1) is 25.5 Å². The summed E-state index contributed by atoms with van der Waals surface area (Å²) in [5.41, 5.74) is 5.64. The number of carboxylic acids is 3. The fourth-order valence-corrected chi connectivity index (χ4v) is 2.07. The number of carbonyl (C=O) groups excluding carboxylic acids is 3. The quantitative estimate of drug-likeness (QED) is 0.141. The summed E-state index contributed by atoms with van der Waals surface area (Å²) in [4.78, 5) is 69.2. The Morgan fingerprint density at radius 3 is 1.53 bits per heavy atom. The molecule has 0 aliphatic carbocycles. The van der Waals surface area contributed by atoms with Crippen molar-refractivity contribution < 1.29 is 49.2 Å². The number of aliphatic carboxylic acids is 3. The average molecular weight is 434 g/mol. The standard InChI is InChI=1S/C16H26N4O10/c1-6(2)12(17)15(28)18-7(3-10(22)23)13(26)20-9(5-21)14(27)19-8(16(29)30)4-11(24)25/h6-9,12,21H,3-5,17H2,1-2H3,(H,18,28)(H,19,27)(H,20,26)(H,22,23)(H,24,25)(H,29,30). The maximum absolute atomic E-state index is 12.3. The Bertz CT molecular complexity index is 681. The van der Waals surface area contributed by atoms with Gasteiger partial charge in [-0.2, -0.15) is 0 Å². The Labute approximate surface area is 170 Å². The zero-order valence-electron chi connectivity index (χ0n) is 16.3. The first kappa shape index (κ1) is 26.7. The number of amides is 3. The van der Waals surface area contributed by atoms with E-state index in [1.165, 1.54) is 0 Å². The predicted octanol–water partition coefficient (Wildman–Crippen LogP) is -3.55. The Morgan fingerprint density at radius 1 is 0.733 bits per heavy atom. The minimum absolute atomic E-state index is 0.323. The smallest absolute Gasteiger partial charge is 0.326 e. The van der Waals surface area contributed by atoms with Crippen molar-refractivity contribution in [1.29, 1.82) is 0 Å². The van der Waals surface area contributed by atoms with E-state index in [4.69, 9.17) is 21.1 Å². The number of nitrogens with two attached hydrogens (primary N) is 1. The number of carboxylic acid groups (broad SMARTS) is 3. The highest BCUT2D eigenvalue weighted by atomic mass is 16.4. The lowest BCUT2D eigenvalue weighted by Crippen LogP contribution is -2.58. The van der Waals surface area contributed by atoms with Gasteiger partial charge in [-0.05, 0) is 5.92 Å². The van der Waals surface area contributed by atoms with E-state index in [9.17, 15) is 33.9 Å². The number of carbonyl (C=O) groups is 6. The van der Waals surface area contributed by atoms with Gasteiger partial charge in [-0.1, -0.05) is 13.8 Å². The van der Waals surface area contributed by atoms with Gasteiger partial charge in [0.2, 0.25) is 17.7 Å². The highest BCUT2D eigenvalue weighted by molar-refractivity contribution is 5.96. The topological polar surface area (TPSA) is 245 Å². The molecule has 170 valence electrons. The molecule has 0 aromatic carbocycles. The molecule has 0 aliphatic rings. The Morgan fingerprint density at radius 2 is 1.13 bits per heavy atom. The van der Waals surface area contributed by atoms with Crippen LogP contribution in [0.25, 0.3) is 0 Å². The Kier molecular flexibility index (Phi) is 11.0. The van der Waals surface area contributed by atoms with Crippen LogP contribution in [0, 0.1) is 5.92 Å². The molecule has 0 radical (unpaired) electrons. The largest absolute Gasteiger partial charge is 0.481 e. The lowest BCUT2D eigenvalue weighted by Gasteiger charge is -2.24. The van der Waals surface area contributed by atoms with Gasteiger partial charge in [0, 0.05) is 0 Å². The van der Waals surface area contributed by atoms with E-state index in [2.05, 4.69) is 5.32 Å². The maximum Gasteiger partial charge on any atom is 0.326 e. The number of nitrogens with one attached hydrogen (secondary N) is 3. The van der Waals surface area contributed by atoms with Gasteiger partial charge in [-0.15, -0.1) is 0 Å². The molecule has 0 bridgehead atoms. The van der Waals surface area contributed by atoms with Crippen LogP contribution in [0.5, 0.6) is 0 Å². The van der Waals surface area contributed by atoms with E-state index < -0.39 is 79.2 Å². The molecule has 0 spiro atoms. The van der Waals surface area contributed by atoms with Crippen molar-refractivity contribution >= 4 is 35.6 Å². The van der Waals surface area contributed by atoms with E-state index in [1.807, 2.05) is 10.6 Å². The van der Waals surface area contributed by atoms with E-state index in [-0.39, 0.29) is 5.92 Å². The lowest BCUT2D eigenvalue weighted by atomic mass is 10.0. The van der Waals surface area contributed by atoms with Crippen LogP contribution in [0.3, 0.4) is 0 Å². The fraction of sp³-hybridized carbons (Fsp3) is 0.625. The van der Waals surface area contributed by atoms with Gasteiger partial charge in [0.15, 0.2) is 0 Å². The molecule has 0 aliphatic heterocycles. The van der Waals surface area contributed by atoms with E-state index >= 15 is 0 Å². The van der Waals surface area contributed by atoms with Gasteiger partial charge in [0.25, 0.3) is 0 Å². The second kappa shape index (κ2) is 12.3. The molecule has 0 aromatic heterocycles. The van der Waals surface area contributed by atoms with Crippen LogP contribution in [0.1, 0.15) is 26.7 Å². The number of hydrogen-bond donors (Lipinski definition) is 8. The first-order valence-corrected chi connectivity index (χ1v) is 8.74. The average Bonchev–Trinajstić information content (AvgIpc) is 2.62. The van der Waals surface area contributed by atoms with Gasteiger partial charge >= 0.3 is 17.9 Å². The molecule has 0 saturated heterocycles. The molecular formula is C16H26N4O10. The van der Waals surface area contributed by atoms with E-state index in [0.717, 1.165) is 0 Å². The summed E-state index contributed by atoms with van der Waals surface area (Å²) in [7, 11) is 0. The van der Waals surface area contributed by atoms with Crippen molar-refractivity contribution in [3.8, 4) is 0 Å². The molecule has 9 N–H and O–H groups in total. The first-order valence-electron chi connectivity index (χ1n) is 8.74. The molecule has 0 aromatic rings. The Hall–Kier alpha value is -3.26. The number of rotatable bonds is 13. The van der Waals surface area contributed by atoms with Gasteiger partial charge < -0.3 is 42.1 Å². The number of aliphatic hydroxyl groups excluding tert-OH is 1.